The van der Waals surface area contributed by atoms with Gasteiger partial charge in [-0.05, 0) is 74.4 Å². The van der Waals surface area contributed by atoms with Crippen molar-refractivity contribution in [1.29, 1.82) is 0 Å². The minimum absolute atomic E-state index is 0.0118. The van der Waals surface area contributed by atoms with Gasteiger partial charge in [-0.2, -0.15) is 0 Å². The molecule has 0 radical (unpaired) electrons. The number of ether oxygens (including phenoxy) is 1. The SMILES string of the molecule is Cc1cc(/C(O)=C2/C(=O)C(=O)N(c3ccc(F)cc3)C2c2ccccc2)ccc1OC(C)C. The van der Waals surface area contributed by atoms with Crippen LogP contribution in [0, 0.1) is 12.7 Å². The largest absolute Gasteiger partial charge is 0.507 e. The van der Waals surface area contributed by atoms with Crippen LogP contribution in [0.5, 0.6) is 5.75 Å². The average molecular weight is 445 g/mol. The molecule has 0 spiro atoms. The Morgan fingerprint density at radius 1 is 1.00 bits per heavy atom. The van der Waals surface area contributed by atoms with Crippen molar-refractivity contribution < 1.29 is 23.8 Å². The van der Waals surface area contributed by atoms with E-state index in [4.69, 9.17) is 4.74 Å². The molecule has 1 saturated heterocycles. The number of benzene rings is 3. The van der Waals surface area contributed by atoms with Crippen LogP contribution in [0.3, 0.4) is 0 Å². The highest BCUT2D eigenvalue weighted by Crippen LogP contribution is 2.42. The second-order valence-electron chi connectivity index (χ2n) is 8.20. The third-order valence-corrected chi connectivity index (χ3v) is 5.48. The van der Waals surface area contributed by atoms with Gasteiger partial charge >= 0.3 is 0 Å². The van der Waals surface area contributed by atoms with Gasteiger partial charge in [-0.3, -0.25) is 14.5 Å². The quantitative estimate of drug-likeness (QED) is 0.318. The molecule has 1 aliphatic rings. The van der Waals surface area contributed by atoms with Crippen LogP contribution in [0.25, 0.3) is 5.76 Å². The Balaban J connectivity index is 1.87. The van der Waals surface area contributed by atoms with Gasteiger partial charge in [0.25, 0.3) is 11.7 Å². The molecular formula is C27H24FNO4. The molecule has 4 rings (SSSR count). The van der Waals surface area contributed by atoms with Gasteiger partial charge < -0.3 is 9.84 Å². The summed E-state index contributed by atoms with van der Waals surface area (Å²) in [4.78, 5) is 27.5. The normalized spacial score (nSPS) is 17.6. The van der Waals surface area contributed by atoms with E-state index in [1.54, 1.807) is 42.5 Å². The number of ketones is 1. The Morgan fingerprint density at radius 2 is 1.67 bits per heavy atom. The maximum Gasteiger partial charge on any atom is 0.300 e. The first-order valence-corrected chi connectivity index (χ1v) is 10.7. The molecule has 168 valence electrons. The molecule has 0 aliphatic carbocycles. The Labute approximate surface area is 191 Å². The van der Waals surface area contributed by atoms with Crippen LogP contribution in [0.2, 0.25) is 0 Å². The lowest BCUT2D eigenvalue weighted by atomic mass is 9.94. The van der Waals surface area contributed by atoms with Gasteiger partial charge in [-0.1, -0.05) is 30.3 Å². The van der Waals surface area contributed by atoms with Crippen LogP contribution in [-0.4, -0.2) is 22.9 Å². The zero-order chi connectivity index (χ0) is 23.7. The Hall–Kier alpha value is -3.93. The third kappa shape index (κ3) is 4.24. The molecule has 1 N–H and O–H groups in total. The lowest BCUT2D eigenvalue weighted by Crippen LogP contribution is -2.29. The number of Topliss-reactive ketones (excluding diaryl/α,β-unsaturated/α-hetero) is 1. The number of aliphatic hydroxyl groups excluding tert-OH is 1. The lowest BCUT2D eigenvalue weighted by Gasteiger charge is -2.25. The molecule has 1 heterocycles. The zero-order valence-electron chi connectivity index (χ0n) is 18.6. The molecule has 3 aromatic carbocycles. The molecule has 1 fully saturated rings. The number of halogens is 1. The van der Waals surface area contributed by atoms with Crippen molar-refractivity contribution >= 4 is 23.1 Å². The predicted octanol–water partition coefficient (Wildman–Crippen LogP) is 5.55. The van der Waals surface area contributed by atoms with Gasteiger partial charge in [0, 0.05) is 11.3 Å². The average Bonchev–Trinajstić information content (AvgIpc) is 3.06. The molecule has 1 aliphatic heterocycles. The first kappa shape index (κ1) is 22.3. The molecule has 33 heavy (non-hydrogen) atoms. The van der Waals surface area contributed by atoms with E-state index in [1.165, 1.54) is 29.2 Å². The molecule has 1 amide bonds. The van der Waals surface area contributed by atoms with E-state index in [0.717, 1.165) is 5.56 Å². The van der Waals surface area contributed by atoms with E-state index >= 15 is 0 Å². The minimum Gasteiger partial charge on any atom is -0.507 e. The summed E-state index contributed by atoms with van der Waals surface area (Å²) in [5, 5.41) is 11.2. The van der Waals surface area contributed by atoms with Gasteiger partial charge in [0.1, 0.15) is 17.3 Å². The summed E-state index contributed by atoms with van der Waals surface area (Å²) >= 11 is 0. The van der Waals surface area contributed by atoms with E-state index in [-0.39, 0.29) is 17.4 Å². The van der Waals surface area contributed by atoms with E-state index in [0.29, 0.717) is 22.6 Å². The van der Waals surface area contributed by atoms with Crippen molar-refractivity contribution in [3.8, 4) is 5.75 Å². The fraction of sp³-hybridized carbons (Fsp3) is 0.185. The number of amides is 1. The third-order valence-electron chi connectivity index (χ3n) is 5.48. The number of hydrogen-bond acceptors (Lipinski definition) is 4. The second-order valence-corrected chi connectivity index (χ2v) is 8.20. The van der Waals surface area contributed by atoms with Crippen molar-refractivity contribution in [3.63, 3.8) is 0 Å². The first-order chi connectivity index (χ1) is 15.8. The fourth-order valence-electron chi connectivity index (χ4n) is 3.99. The van der Waals surface area contributed by atoms with Crippen molar-refractivity contribution in [3.05, 3.63) is 101 Å². The van der Waals surface area contributed by atoms with Crippen LogP contribution in [0.15, 0.2) is 78.4 Å². The van der Waals surface area contributed by atoms with Crippen LogP contribution in [0.4, 0.5) is 10.1 Å². The molecular weight excluding hydrogens is 421 g/mol. The number of carbonyl (C=O) groups excluding carboxylic acids is 2. The minimum atomic E-state index is -0.858. The zero-order valence-corrected chi connectivity index (χ0v) is 18.6. The van der Waals surface area contributed by atoms with Crippen LogP contribution < -0.4 is 9.64 Å². The number of hydrogen-bond donors (Lipinski definition) is 1. The number of rotatable bonds is 5. The predicted molar refractivity (Wildman–Crippen MR) is 125 cm³/mol. The number of nitrogens with zero attached hydrogens (tertiary/aromatic N) is 1. The Bertz CT molecular complexity index is 1230. The van der Waals surface area contributed by atoms with Crippen LogP contribution in [0.1, 0.15) is 36.6 Å². The van der Waals surface area contributed by atoms with Gasteiger partial charge in [0.2, 0.25) is 0 Å². The van der Waals surface area contributed by atoms with Crippen LogP contribution in [-0.2, 0) is 9.59 Å². The fourth-order valence-corrected chi connectivity index (χ4v) is 3.99. The first-order valence-electron chi connectivity index (χ1n) is 10.7. The summed E-state index contributed by atoms with van der Waals surface area (Å²) < 4.78 is 19.3. The van der Waals surface area contributed by atoms with Crippen molar-refractivity contribution in [1.82, 2.24) is 0 Å². The maximum absolute atomic E-state index is 13.5. The number of aryl methyl sites for hydroxylation is 1. The molecule has 6 heteroatoms. The molecule has 0 bridgehead atoms. The topological polar surface area (TPSA) is 66.8 Å². The summed E-state index contributed by atoms with van der Waals surface area (Å²) in [5.74, 6) is -1.64. The van der Waals surface area contributed by atoms with E-state index in [9.17, 15) is 19.1 Å². The molecule has 3 aromatic rings. The summed E-state index contributed by atoms with van der Waals surface area (Å²) in [5.41, 5.74) is 2.19. The summed E-state index contributed by atoms with van der Waals surface area (Å²) in [6, 6.07) is 18.6. The Morgan fingerprint density at radius 3 is 2.27 bits per heavy atom. The van der Waals surface area contributed by atoms with E-state index in [1.807, 2.05) is 26.8 Å². The molecule has 1 atom stereocenters. The van der Waals surface area contributed by atoms with E-state index in [2.05, 4.69) is 0 Å². The van der Waals surface area contributed by atoms with E-state index < -0.39 is 23.5 Å². The van der Waals surface area contributed by atoms with Gasteiger partial charge in [0.05, 0.1) is 17.7 Å². The second kappa shape index (κ2) is 8.90. The highest BCUT2D eigenvalue weighted by Gasteiger charge is 2.46. The highest BCUT2D eigenvalue weighted by atomic mass is 19.1. The van der Waals surface area contributed by atoms with Gasteiger partial charge in [0.15, 0.2) is 0 Å². The number of carbonyl (C=O) groups is 2. The van der Waals surface area contributed by atoms with Crippen LogP contribution >= 0.6 is 0 Å². The van der Waals surface area contributed by atoms with Gasteiger partial charge in [-0.15, -0.1) is 0 Å². The van der Waals surface area contributed by atoms with Gasteiger partial charge in [-0.25, -0.2) is 4.39 Å². The molecule has 5 nitrogen and oxygen atoms in total. The summed E-state index contributed by atoms with van der Waals surface area (Å²) in [6.07, 6.45) is -0.0118. The standard InChI is InChI=1S/C27H24FNO4/c1-16(2)33-22-14-9-19(15-17(22)3)25(30)23-24(18-7-5-4-6-8-18)29(27(32)26(23)31)21-12-10-20(28)11-13-21/h4-16,24,30H,1-3H3/b25-23-. The summed E-state index contributed by atoms with van der Waals surface area (Å²) in [7, 11) is 0. The van der Waals surface area contributed by atoms with Crippen molar-refractivity contribution in [2.75, 3.05) is 4.90 Å². The van der Waals surface area contributed by atoms with Crippen molar-refractivity contribution in [2.45, 2.75) is 32.9 Å². The smallest absolute Gasteiger partial charge is 0.300 e. The highest BCUT2D eigenvalue weighted by molar-refractivity contribution is 6.51. The lowest BCUT2D eigenvalue weighted by molar-refractivity contribution is -0.132. The Kier molecular flexibility index (Phi) is 6.01. The van der Waals surface area contributed by atoms with Crippen molar-refractivity contribution in [2.24, 2.45) is 0 Å². The molecule has 0 saturated carbocycles. The monoisotopic (exact) mass is 445 g/mol. The summed E-state index contributed by atoms with van der Waals surface area (Å²) in [6.45, 7) is 5.69. The number of aliphatic hydroxyl groups is 1. The molecule has 0 aromatic heterocycles. The number of anilines is 1. The maximum atomic E-state index is 13.5. The molecule has 1 unspecified atom stereocenters.